The minimum atomic E-state index is -0.448. The van der Waals surface area contributed by atoms with Crippen LogP contribution in [0.25, 0.3) is 23.0 Å². The van der Waals surface area contributed by atoms with Crippen LogP contribution in [0.1, 0.15) is 5.56 Å². The van der Waals surface area contributed by atoms with E-state index in [1.165, 1.54) is 18.2 Å². The Balaban J connectivity index is 1.63. The molecular formula is C25H20N4O4. The normalized spacial score (nSPS) is 10.8. The topological polar surface area (TPSA) is 99.3 Å². The second-order valence-corrected chi connectivity index (χ2v) is 7.07. The third-order valence-electron chi connectivity index (χ3n) is 4.89. The fraction of sp³-hybridized carbons (Fsp3) is 0.0400. The molecule has 33 heavy (non-hydrogen) atoms. The number of carbonyl (C=O) groups is 1. The zero-order valence-corrected chi connectivity index (χ0v) is 17.7. The molecule has 1 N–H and O–H groups in total. The van der Waals surface area contributed by atoms with Crippen LogP contribution in [-0.4, -0.2) is 27.7 Å². The number of hydrogen-bond donors (Lipinski definition) is 1. The molecule has 0 saturated heterocycles. The van der Waals surface area contributed by atoms with Gasteiger partial charge in [-0.2, -0.15) is 5.10 Å². The fourth-order valence-corrected chi connectivity index (χ4v) is 3.21. The maximum Gasteiger partial charge on any atom is 0.269 e. The number of non-ortho nitro benzene ring substituents is 1. The number of aromatic nitrogens is 2. The Morgan fingerprint density at radius 1 is 1.03 bits per heavy atom. The molecule has 3 aromatic carbocycles. The lowest BCUT2D eigenvalue weighted by molar-refractivity contribution is -0.384. The third-order valence-corrected chi connectivity index (χ3v) is 4.89. The van der Waals surface area contributed by atoms with Gasteiger partial charge in [0.25, 0.3) is 5.69 Å². The van der Waals surface area contributed by atoms with E-state index in [2.05, 4.69) is 10.4 Å². The van der Waals surface area contributed by atoms with Gasteiger partial charge in [0.15, 0.2) is 0 Å². The van der Waals surface area contributed by atoms with Crippen LogP contribution in [0.15, 0.2) is 91.1 Å². The predicted molar refractivity (Wildman–Crippen MR) is 126 cm³/mol. The van der Waals surface area contributed by atoms with Crippen LogP contribution in [0.4, 0.5) is 11.4 Å². The average Bonchev–Trinajstić information content (AvgIpc) is 3.28. The van der Waals surface area contributed by atoms with Crippen molar-refractivity contribution in [1.29, 1.82) is 0 Å². The van der Waals surface area contributed by atoms with Gasteiger partial charge in [0.1, 0.15) is 5.75 Å². The summed E-state index contributed by atoms with van der Waals surface area (Å²) in [5.74, 6) is 0.395. The molecule has 1 aromatic heterocycles. The standard InChI is InChI=1S/C25H20N4O4/c1-33-23-14-10-20(11-15-23)26-24(30)16-9-19-17-28(21-5-3-2-4-6-21)27-25(19)18-7-12-22(13-8-18)29(31)32/h2-17H,1H3,(H,26,30)/b16-9-. The molecule has 4 rings (SSSR count). The number of anilines is 1. The molecule has 8 nitrogen and oxygen atoms in total. The van der Waals surface area contributed by atoms with Crippen molar-refractivity contribution >= 4 is 23.4 Å². The molecule has 0 unspecified atom stereocenters. The van der Waals surface area contributed by atoms with Crippen LogP contribution in [0, 0.1) is 10.1 Å². The summed E-state index contributed by atoms with van der Waals surface area (Å²) in [5, 5.41) is 18.4. The SMILES string of the molecule is COc1ccc(NC(=O)/C=C\c2cn(-c3ccccc3)nc2-c2ccc([N+](=O)[O-])cc2)cc1. The number of nitrogens with zero attached hydrogens (tertiary/aromatic N) is 3. The Hall–Kier alpha value is -4.72. The summed E-state index contributed by atoms with van der Waals surface area (Å²) in [6.07, 6.45) is 4.90. The van der Waals surface area contributed by atoms with Gasteiger partial charge in [-0.25, -0.2) is 4.68 Å². The second kappa shape index (κ2) is 9.61. The summed E-state index contributed by atoms with van der Waals surface area (Å²) < 4.78 is 6.83. The summed E-state index contributed by atoms with van der Waals surface area (Å²) in [4.78, 5) is 23.0. The van der Waals surface area contributed by atoms with E-state index in [1.807, 2.05) is 36.5 Å². The van der Waals surface area contributed by atoms with Crippen LogP contribution in [0.3, 0.4) is 0 Å². The number of nitrogens with one attached hydrogen (secondary N) is 1. The molecule has 0 bridgehead atoms. The van der Waals surface area contributed by atoms with E-state index < -0.39 is 4.92 Å². The van der Waals surface area contributed by atoms with E-state index in [0.29, 0.717) is 28.3 Å². The van der Waals surface area contributed by atoms with Crippen molar-refractivity contribution in [2.75, 3.05) is 12.4 Å². The van der Waals surface area contributed by atoms with Gasteiger partial charge in [0.05, 0.1) is 23.4 Å². The molecule has 1 amide bonds. The summed E-state index contributed by atoms with van der Waals surface area (Å²) in [6.45, 7) is 0. The van der Waals surface area contributed by atoms with Crippen molar-refractivity contribution in [2.45, 2.75) is 0 Å². The molecular weight excluding hydrogens is 420 g/mol. The van der Waals surface area contributed by atoms with Crippen molar-refractivity contribution < 1.29 is 14.5 Å². The Kier molecular flexibility index (Phi) is 6.26. The Labute approximate surface area is 189 Å². The summed E-state index contributed by atoms with van der Waals surface area (Å²) in [5.41, 5.74) is 3.48. The van der Waals surface area contributed by atoms with Gasteiger partial charge in [-0.3, -0.25) is 14.9 Å². The van der Waals surface area contributed by atoms with Crippen LogP contribution < -0.4 is 10.1 Å². The van der Waals surface area contributed by atoms with Crippen molar-refractivity contribution in [2.24, 2.45) is 0 Å². The number of hydrogen-bond acceptors (Lipinski definition) is 5. The number of amides is 1. The molecule has 0 aliphatic heterocycles. The number of methoxy groups -OCH3 is 1. The molecule has 0 aliphatic rings. The molecule has 164 valence electrons. The minimum absolute atomic E-state index is 0.00259. The van der Waals surface area contributed by atoms with Gasteiger partial charge in [-0.1, -0.05) is 18.2 Å². The highest BCUT2D eigenvalue weighted by Crippen LogP contribution is 2.27. The number of nitro groups is 1. The molecule has 0 aliphatic carbocycles. The molecule has 0 radical (unpaired) electrons. The Morgan fingerprint density at radius 3 is 2.36 bits per heavy atom. The highest BCUT2D eigenvalue weighted by molar-refractivity contribution is 6.02. The van der Waals surface area contributed by atoms with Gasteiger partial charge in [0.2, 0.25) is 5.91 Å². The molecule has 1 heterocycles. The van der Waals surface area contributed by atoms with Crippen molar-refractivity contribution in [3.05, 3.63) is 107 Å². The maximum atomic E-state index is 12.5. The lowest BCUT2D eigenvalue weighted by atomic mass is 10.1. The number of carbonyl (C=O) groups excluding carboxylic acids is 1. The number of ether oxygens (including phenoxy) is 1. The summed E-state index contributed by atoms with van der Waals surface area (Å²) in [6, 6.07) is 22.7. The maximum absolute atomic E-state index is 12.5. The van der Waals surface area contributed by atoms with Crippen LogP contribution in [0.5, 0.6) is 5.75 Å². The minimum Gasteiger partial charge on any atom is -0.497 e. The Bertz CT molecular complexity index is 1290. The smallest absolute Gasteiger partial charge is 0.269 e. The molecule has 0 atom stereocenters. The quantitative estimate of drug-likeness (QED) is 0.245. The first-order chi connectivity index (χ1) is 16.0. The number of para-hydroxylation sites is 1. The number of nitro benzene ring substituents is 1. The van der Waals surface area contributed by atoms with E-state index in [0.717, 1.165) is 5.69 Å². The van der Waals surface area contributed by atoms with E-state index >= 15 is 0 Å². The van der Waals surface area contributed by atoms with Crippen LogP contribution >= 0.6 is 0 Å². The monoisotopic (exact) mass is 440 g/mol. The zero-order valence-electron chi connectivity index (χ0n) is 17.7. The van der Waals surface area contributed by atoms with E-state index in [4.69, 9.17) is 4.74 Å². The summed E-state index contributed by atoms with van der Waals surface area (Å²) in [7, 11) is 1.58. The van der Waals surface area contributed by atoms with Crippen molar-refractivity contribution in [3.8, 4) is 22.7 Å². The lowest BCUT2D eigenvalue weighted by Gasteiger charge is -2.03. The van der Waals surface area contributed by atoms with Gasteiger partial charge < -0.3 is 10.1 Å². The second-order valence-electron chi connectivity index (χ2n) is 7.07. The Morgan fingerprint density at radius 2 is 1.73 bits per heavy atom. The largest absolute Gasteiger partial charge is 0.497 e. The fourth-order valence-electron chi connectivity index (χ4n) is 3.21. The van der Waals surface area contributed by atoms with Crippen molar-refractivity contribution in [1.82, 2.24) is 9.78 Å². The molecule has 0 spiro atoms. The first kappa shape index (κ1) is 21.5. The lowest BCUT2D eigenvalue weighted by Crippen LogP contribution is -2.07. The first-order valence-electron chi connectivity index (χ1n) is 10.1. The van der Waals surface area contributed by atoms with Gasteiger partial charge in [0, 0.05) is 41.2 Å². The molecule has 0 fully saturated rings. The highest BCUT2D eigenvalue weighted by Gasteiger charge is 2.13. The van der Waals surface area contributed by atoms with Gasteiger partial charge in [-0.05, 0) is 54.6 Å². The van der Waals surface area contributed by atoms with Crippen LogP contribution in [-0.2, 0) is 4.79 Å². The first-order valence-corrected chi connectivity index (χ1v) is 10.1. The third kappa shape index (κ3) is 5.13. The zero-order chi connectivity index (χ0) is 23.2. The predicted octanol–water partition coefficient (Wildman–Crippen LogP) is 5.11. The highest BCUT2D eigenvalue weighted by atomic mass is 16.6. The van der Waals surface area contributed by atoms with Crippen LogP contribution in [0.2, 0.25) is 0 Å². The number of benzene rings is 3. The number of rotatable bonds is 7. The van der Waals surface area contributed by atoms with E-state index in [9.17, 15) is 14.9 Å². The molecule has 8 heteroatoms. The summed E-state index contributed by atoms with van der Waals surface area (Å²) >= 11 is 0. The van der Waals surface area contributed by atoms with E-state index in [1.54, 1.807) is 54.3 Å². The van der Waals surface area contributed by atoms with E-state index in [-0.39, 0.29) is 11.6 Å². The molecule has 0 saturated carbocycles. The van der Waals surface area contributed by atoms with Gasteiger partial charge >= 0.3 is 0 Å². The molecule has 4 aromatic rings. The average molecular weight is 440 g/mol. The van der Waals surface area contributed by atoms with Gasteiger partial charge in [-0.15, -0.1) is 0 Å². The van der Waals surface area contributed by atoms with Crippen molar-refractivity contribution in [3.63, 3.8) is 0 Å².